The molecular formula is C30H28N2O5. The first-order valence-electron chi connectivity index (χ1n) is 11.9. The summed E-state index contributed by atoms with van der Waals surface area (Å²) >= 11 is 0. The van der Waals surface area contributed by atoms with Crippen LogP contribution in [0.25, 0.3) is 22.3 Å². The second-order valence-electron chi connectivity index (χ2n) is 9.13. The molecule has 0 saturated heterocycles. The number of nitro groups is 2. The lowest BCUT2D eigenvalue weighted by molar-refractivity contribution is -0.386. The molecule has 0 unspecified atom stereocenters. The van der Waals surface area contributed by atoms with Gasteiger partial charge in [0.2, 0.25) is 0 Å². The third-order valence-electron chi connectivity index (χ3n) is 6.76. The summed E-state index contributed by atoms with van der Waals surface area (Å²) in [5.74, 6) is 0. The monoisotopic (exact) mass is 496 g/mol. The molecule has 0 aliphatic rings. The Morgan fingerprint density at radius 1 is 0.568 bits per heavy atom. The van der Waals surface area contributed by atoms with E-state index in [4.69, 9.17) is 4.74 Å². The predicted octanol–water partition coefficient (Wildman–Crippen LogP) is 7.79. The van der Waals surface area contributed by atoms with Crippen LogP contribution in [0.2, 0.25) is 0 Å². The van der Waals surface area contributed by atoms with E-state index < -0.39 is 0 Å². The van der Waals surface area contributed by atoms with Gasteiger partial charge in [-0.2, -0.15) is 0 Å². The van der Waals surface area contributed by atoms with Crippen molar-refractivity contribution in [2.24, 2.45) is 0 Å². The topological polar surface area (TPSA) is 95.5 Å². The largest absolute Gasteiger partial charge is 0.372 e. The lowest BCUT2D eigenvalue weighted by atomic mass is 9.93. The molecule has 188 valence electrons. The second-order valence-corrected chi connectivity index (χ2v) is 9.13. The van der Waals surface area contributed by atoms with E-state index in [1.807, 2.05) is 60.7 Å². The summed E-state index contributed by atoms with van der Waals surface area (Å²) in [6, 6.07) is 22.8. The fourth-order valence-corrected chi connectivity index (χ4v) is 4.91. The summed E-state index contributed by atoms with van der Waals surface area (Å²) in [6.07, 6.45) is 0. The van der Waals surface area contributed by atoms with E-state index in [2.05, 4.69) is 0 Å². The van der Waals surface area contributed by atoms with Crippen molar-refractivity contribution in [1.29, 1.82) is 0 Å². The number of hydrogen-bond donors (Lipinski definition) is 0. The molecule has 0 fully saturated rings. The number of nitrogens with zero attached hydrogens (tertiary/aromatic N) is 2. The molecule has 0 aliphatic carbocycles. The SMILES string of the molecule is Cc1ccc(-c2ccccc2COCc2ccccc2-c2ccc(C)c([N+](=O)[O-])c2C)c(C)c1[N+](=O)[O-]. The van der Waals surface area contributed by atoms with E-state index in [0.717, 1.165) is 33.4 Å². The highest BCUT2D eigenvalue weighted by Crippen LogP contribution is 2.36. The van der Waals surface area contributed by atoms with Gasteiger partial charge in [0.05, 0.1) is 23.1 Å². The van der Waals surface area contributed by atoms with Gasteiger partial charge < -0.3 is 4.74 Å². The third kappa shape index (κ3) is 5.13. The number of rotatable bonds is 8. The molecule has 0 radical (unpaired) electrons. The van der Waals surface area contributed by atoms with Crippen LogP contribution < -0.4 is 0 Å². The van der Waals surface area contributed by atoms with E-state index in [1.165, 1.54) is 0 Å². The fraction of sp³-hybridized carbons (Fsp3) is 0.200. The zero-order chi connectivity index (χ0) is 26.7. The van der Waals surface area contributed by atoms with Gasteiger partial charge in [-0.3, -0.25) is 20.2 Å². The first kappa shape index (κ1) is 25.7. The molecule has 0 N–H and O–H groups in total. The average Bonchev–Trinajstić information content (AvgIpc) is 2.85. The van der Waals surface area contributed by atoms with E-state index in [1.54, 1.807) is 39.8 Å². The summed E-state index contributed by atoms with van der Waals surface area (Å²) < 4.78 is 6.14. The Morgan fingerprint density at radius 3 is 1.32 bits per heavy atom. The van der Waals surface area contributed by atoms with Gasteiger partial charge in [-0.15, -0.1) is 0 Å². The molecule has 37 heavy (non-hydrogen) atoms. The zero-order valence-corrected chi connectivity index (χ0v) is 21.3. The molecule has 7 nitrogen and oxygen atoms in total. The van der Waals surface area contributed by atoms with E-state index in [-0.39, 0.29) is 21.2 Å². The molecular weight excluding hydrogens is 468 g/mol. The lowest BCUT2D eigenvalue weighted by Gasteiger charge is -2.15. The highest BCUT2D eigenvalue weighted by atomic mass is 16.6. The number of benzene rings is 4. The van der Waals surface area contributed by atoms with Gasteiger partial charge in [-0.1, -0.05) is 72.8 Å². The smallest absolute Gasteiger partial charge is 0.275 e. The van der Waals surface area contributed by atoms with Gasteiger partial charge in [0.1, 0.15) is 0 Å². The Labute approximate surface area is 215 Å². The molecule has 0 bridgehead atoms. The molecule has 0 amide bonds. The Morgan fingerprint density at radius 2 is 0.946 bits per heavy atom. The number of aryl methyl sites for hydroxylation is 2. The van der Waals surface area contributed by atoms with Crippen LogP contribution in [0.3, 0.4) is 0 Å². The molecule has 0 atom stereocenters. The van der Waals surface area contributed by atoms with Crippen molar-refractivity contribution in [2.75, 3.05) is 0 Å². The first-order chi connectivity index (χ1) is 17.7. The van der Waals surface area contributed by atoms with Gasteiger partial charge >= 0.3 is 0 Å². The Kier molecular flexibility index (Phi) is 7.45. The molecule has 4 rings (SSSR count). The van der Waals surface area contributed by atoms with Crippen LogP contribution in [0.15, 0.2) is 72.8 Å². The number of ether oxygens (including phenoxy) is 1. The first-order valence-corrected chi connectivity index (χ1v) is 11.9. The van der Waals surface area contributed by atoms with E-state index in [0.29, 0.717) is 35.5 Å². The minimum absolute atomic E-state index is 0.129. The summed E-state index contributed by atoms with van der Waals surface area (Å²) in [4.78, 5) is 22.6. The minimum Gasteiger partial charge on any atom is -0.372 e. The maximum absolute atomic E-state index is 11.6. The van der Waals surface area contributed by atoms with Gasteiger partial charge in [0.15, 0.2) is 0 Å². The number of nitro benzene ring substituents is 2. The van der Waals surface area contributed by atoms with Crippen molar-refractivity contribution in [3.05, 3.63) is 126 Å². The van der Waals surface area contributed by atoms with E-state index >= 15 is 0 Å². The maximum Gasteiger partial charge on any atom is 0.275 e. The van der Waals surface area contributed by atoms with Crippen LogP contribution in [0.1, 0.15) is 33.4 Å². The van der Waals surface area contributed by atoms with Crippen LogP contribution >= 0.6 is 0 Å². The molecule has 0 aromatic heterocycles. The molecule has 0 aliphatic heterocycles. The van der Waals surface area contributed by atoms with Crippen LogP contribution in [0.5, 0.6) is 0 Å². The Bertz CT molecular complexity index is 1400. The zero-order valence-electron chi connectivity index (χ0n) is 21.3. The van der Waals surface area contributed by atoms with Gasteiger partial charge in [-0.05, 0) is 61.1 Å². The second kappa shape index (κ2) is 10.7. The summed E-state index contributed by atoms with van der Waals surface area (Å²) in [5, 5.41) is 23.3. The molecule has 4 aromatic rings. The lowest BCUT2D eigenvalue weighted by Crippen LogP contribution is -2.02. The van der Waals surface area contributed by atoms with Crippen molar-refractivity contribution < 1.29 is 14.6 Å². The summed E-state index contributed by atoms with van der Waals surface area (Å²) in [5.41, 5.74) is 7.99. The molecule has 4 aromatic carbocycles. The average molecular weight is 497 g/mol. The van der Waals surface area contributed by atoms with Gasteiger partial charge in [0.25, 0.3) is 11.4 Å². The fourth-order valence-electron chi connectivity index (χ4n) is 4.91. The highest BCUT2D eigenvalue weighted by molar-refractivity contribution is 5.76. The van der Waals surface area contributed by atoms with Crippen molar-refractivity contribution in [3.63, 3.8) is 0 Å². The van der Waals surface area contributed by atoms with Crippen molar-refractivity contribution in [1.82, 2.24) is 0 Å². The van der Waals surface area contributed by atoms with Gasteiger partial charge in [-0.25, -0.2) is 0 Å². The Hall–Kier alpha value is -4.36. The Balaban J connectivity index is 1.62. The highest BCUT2D eigenvalue weighted by Gasteiger charge is 2.21. The molecule has 7 heteroatoms. The normalized spacial score (nSPS) is 10.9. The van der Waals surface area contributed by atoms with Gasteiger partial charge in [0, 0.05) is 22.3 Å². The quantitative estimate of drug-likeness (QED) is 0.183. The summed E-state index contributed by atoms with van der Waals surface area (Å²) in [6.45, 7) is 7.64. The standard InChI is InChI=1S/C30H28N2O5/c1-19-13-15-25(21(3)29(19)31(33)34)27-11-7-5-9-23(27)17-37-18-24-10-6-8-12-28(24)26-16-14-20(2)30(22(26)4)32(35)36/h5-16H,17-18H2,1-4H3. The van der Waals surface area contributed by atoms with Crippen molar-refractivity contribution >= 4 is 11.4 Å². The predicted molar refractivity (Wildman–Crippen MR) is 145 cm³/mol. The molecule has 0 heterocycles. The van der Waals surface area contributed by atoms with Crippen LogP contribution in [0, 0.1) is 47.9 Å². The maximum atomic E-state index is 11.6. The van der Waals surface area contributed by atoms with Crippen molar-refractivity contribution in [3.8, 4) is 22.3 Å². The summed E-state index contributed by atoms with van der Waals surface area (Å²) in [7, 11) is 0. The van der Waals surface area contributed by atoms with E-state index in [9.17, 15) is 20.2 Å². The van der Waals surface area contributed by atoms with Crippen LogP contribution in [0.4, 0.5) is 11.4 Å². The number of hydrogen-bond acceptors (Lipinski definition) is 5. The third-order valence-corrected chi connectivity index (χ3v) is 6.76. The molecule has 0 saturated carbocycles. The van der Waals surface area contributed by atoms with Crippen molar-refractivity contribution in [2.45, 2.75) is 40.9 Å². The molecule has 0 spiro atoms. The van der Waals surface area contributed by atoms with Crippen LogP contribution in [-0.4, -0.2) is 9.85 Å². The minimum atomic E-state index is -0.332. The van der Waals surface area contributed by atoms with Crippen LogP contribution in [-0.2, 0) is 18.0 Å².